The Morgan fingerprint density at radius 2 is 1.74 bits per heavy atom. The van der Waals surface area contributed by atoms with Gasteiger partial charge in [-0.3, -0.25) is 0 Å². The molecule has 0 bridgehead atoms. The minimum atomic E-state index is -1.95. The number of terminal acetylenes is 1. The van der Waals surface area contributed by atoms with Gasteiger partial charge in [0.2, 0.25) is 0 Å². The van der Waals surface area contributed by atoms with Crippen molar-refractivity contribution in [2.45, 2.75) is 59.0 Å². The van der Waals surface area contributed by atoms with Crippen molar-refractivity contribution < 1.29 is 13.9 Å². The van der Waals surface area contributed by atoms with Gasteiger partial charge in [-0.2, -0.15) is 0 Å². The predicted molar refractivity (Wildman–Crippen MR) is 145 cm³/mol. The standard InChI is InChI=1S/C30H38O3Si/c1-9-13-26(15-12-21-32-22-25-17-19-28(31-6)20-18-25)29-16-11-10-14-27(29)23-33-34(7,8)30(4,5)24(2)3/h1,10-11,13-14,16-20,24H,21-23H2,2-8H3/b26-13+. The normalized spacial score (nSPS) is 12.1. The van der Waals surface area contributed by atoms with Gasteiger partial charge in [-0.25, -0.2) is 0 Å². The molecule has 0 aliphatic rings. The molecule has 0 unspecified atom stereocenters. The summed E-state index contributed by atoms with van der Waals surface area (Å²) < 4.78 is 17.5. The molecule has 0 aromatic heterocycles. The Morgan fingerprint density at radius 1 is 1.06 bits per heavy atom. The number of benzene rings is 2. The molecule has 34 heavy (non-hydrogen) atoms. The molecular formula is C30H38O3Si. The average molecular weight is 475 g/mol. The van der Waals surface area contributed by atoms with Gasteiger partial charge >= 0.3 is 0 Å². The zero-order valence-electron chi connectivity index (χ0n) is 21.7. The van der Waals surface area contributed by atoms with Crippen LogP contribution >= 0.6 is 0 Å². The Hall–Kier alpha value is -2.76. The summed E-state index contributed by atoms with van der Waals surface area (Å²) in [6, 6.07) is 16.0. The first-order chi connectivity index (χ1) is 16.1. The van der Waals surface area contributed by atoms with E-state index in [1.807, 2.05) is 36.4 Å². The van der Waals surface area contributed by atoms with Crippen molar-refractivity contribution in [3.63, 3.8) is 0 Å². The highest BCUT2D eigenvalue weighted by Gasteiger charge is 2.43. The summed E-state index contributed by atoms with van der Waals surface area (Å²) in [5.74, 6) is 10.3. The highest BCUT2D eigenvalue weighted by Crippen LogP contribution is 2.45. The van der Waals surface area contributed by atoms with Gasteiger partial charge in [-0.15, -0.1) is 6.42 Å². The van der Waals surface area contributed by atoms with Crippen molar-refractivity contribution in [3.05, 3.63) is 71.3 Å². The maximum absolute atomic E-state index is 6.60. The van der Waals surface area contributed by atoms with E-state index >= 15 is 0 Å². The van der Waals surface area contributed by atoms with Crippen LogP contribution in [0.4, 0.5) is 0 Å². The van der Waals surface area contributed by atoms with Crippen LogP contribution in [0.3, 0.4) is 0 Å². The third kappa shape index (κ3) is 7.37. The largest absolute Gasteiger partial charge is 0.497 e. The van der Waals surface area contributed by atoms with Gasteiger partial charge < -0.3 is 13.9 Å². The van der Waals surface area contributed by atoms with Gasteiger partial charge in [0.15, 0.2) is 8.32 Å². The second-order valence-electron chi connectivity index (χ2n) is 9.70. The fourth-order valence-corrected chi connectivity index (χ4v) is 5.66. The quantitative estimate of drug-likeness (QED) is 0.209. The Kier molecular flexibility index (Phi) is 10.2. The zero-order chi connectivity index (χ0) is 25.2. The van der Waals surface area contributed by atoms with E-state index in [4.69, 9.17) is 20.3 Å². The number of hydrogen-bond acceptors (Lipinski definition) is 3. The Balaban J connectivity index is 2.09. The second kappa shape index (κ2) is 12.6. The molecular weight excluding hydrogens is 436 g/mol. The SMILES string of the molecule is C#C/C=C(\C#CCOCc1ccc(OC)cc1)c1ccccc1CO[Si](C)(C)C(C)(C)C(C)C. The van der Waals surface area contributed by atoms with Crippen molar-refractivity contribution in [1.82, 2.24) is 0 Å². The Bertz CT molecular complexity index is 1060. The van der Waals surface area contributed by atoms with E-state index in [0.29, 0.717) is 25.7 Å². The summed E-state index contributed by atoms with van der Waals surface area (Å²) in [7, 11) is -0.296. The van der Waals surface area contributed by atoms with Crippen LogP contribution in [-0.4, -0.2) is 22.0 Å². The first-order valence-electron chi connectivity index (χ1n) is 11.7. The van der Waals surface area contributed by atoms with Crippen LogP contribution in [0, 0.1) is 30.1 Å². The fourth-order valence-electron chi connectivity index (χ4n) is 3.39. The summed E-state index contributed by atoms with van der Waals surface area (Å²) in [4.78, 5) is 0. The van der Waals surface area contributed by atoms with Crippen LogP contribution in [0.2, 0.25) is 18.1 Å². The Labute approximate surface area is 207 Å². The van der Waals surface area contributed by atoms with Crippen molar-refractivity contribution in [3.8, 4) is 29.9 Å². The second-order valence-corrected chi connectivity index (χ2v) is 14.3. The van der Waals surface area contributed by atoms with Crippen LogP contribution in [0.15, 0.2) is 54.6 Å². The van der Waals surface area contributed by atoms with E-state index in [1.165, 1.54) is 0 Å². The van der Waals surface area contributed by atoms with Crippen LogP contribution < -0.4 is 4.74 Å². The molecule has 0 saturated carbocycles. The van der Waals surface area contributed by atoms with E-state index in [-0.39, 0.29) is 5.04 Å². The number of rotatable bonds is 10. The van der Waals surface area contributed by atoms with Gasteiger partial charge in [0.1, 0.15) is 12.4 Å². The lowest BCUT2D eigenvalue weighted by Gasteiger charge is -2.42. The summed E-state index contributed by atoms with van der Waals surface area (Å²) >= 11 is 0. The van der Waals surface area contributed by atoms with E-state index in [0.717, 1.165) is 28.0 Å². The third-order valence-electron chi connectivity index (χ3n) is 6.94. The predicted octanol–water partition coefficient (Wildman–Crippen LogP) is 7.09. The van der Waals surface area contributed by atoms with Crippen LogP contribution in [0.1, 0.15) is 44.4 Å². The molecule has 4 heteroatoms. The third-order valence-corrected chi connectivity index (χ3v) is 11.5. The highest BCUT2D eigenvalue weighted by atomic mass is 28.4. The number of ether oxygens (including phenoxy) is 2. The molecule has 0 spiro atoms. The average Bonchev–Trinajstić information content (AvgIpc) is 2.82. The zero-order valence-corrected chi connectivity index (χ0v) is 22.7. The van der Waals surface area contributed by atoms with Gasteiger partial charge in [0.05, 0.1) is 20.3 Å². The summed E-state index contributed by atoms with van der Waals surface area (Å²) in [5, 5.41) is 0.153. The molecule has 0 N–H and O–H groups in total. The number of allylic oxidation sites excluding steroid dienone is 2. The van der Waals surface area contributed by atoms with Gasteiger partial charge in [0, 0.05) is 11.6 Å². The smallest absolute Gasteiger partial charge is 0.193 e. The summed E-state index contributed by atoms with van der Waals surface area (Å²) in [5.41, 5.74) is 3.98. The lowest BCUT2D eigenvalue weighted by Crippen LogP contribution is -2.45. The molecule has 0 heterocycles. The molecule has 2 aromatic carbocycles. The van der Waals surface area contributed by atoms with Gasteiger partial charge in [-0.1, -0.05) is 81.9 Å². The van der Waals surface area contributed by atoms with E-state index in [1.54, 1.807) is 13.2 Å². The molecule has 0 aliphatic heterocycles. The maximum Gasteiger partial charge on any atom is 0.193 e. The first kappa shape index (κ1) is 27.5. The molecule has 180 valence electrons. The molecule has 0 fully saturated rings. The maximum atomic E-state index is 6.60. The van der Waals surface area contributed by atoms with Gasteiger partial charge in [-0.05, 0) is 52.9 Å². The highest BCUT2D eigenvalue weighted by molar-refractivity contribution is 6.74. The molecule has 0 radical (unpaired) electrons. The molecule has 0 amide bonds. The minimum absolute atomic E-state index is 0.153. The summed E-state index contributed by atoms with van der Waals surface area (Å²) in [6.45, 7) is 15.1. The lowest BCUT2D eigenvalue weighted by atomic mass is 9.99. The van der Waals surface area contributed by atoms with Crippen LogP contribution in [0.5, 0.6) is 5.75 Å². The summed E-state index contributed by atoms with van der Waals surface area (Å²) in [6.07, 6.45) is 7.34. The molecule has 0 aliphatic carbocycles. The molecule has 0 saturated heterocycles. The van der Waals surface area contributed by atoms with E-state index in [2.05, 4.69) is 70.7 Å². The molecule has 0 atom stereocenters. The Morgan fingerprint density at radius 3 is 2.35 bits per heavy atom. The van der Waals surface area contributed by atoms with Crippen LogP contribution in [-0.2, 0) is 22.4 Å². The van der Waals surface area contributed by atoms with Crippen LogP contribution in [0.25, 0.3) is 5.57 Å². The first-order valence-corrected chi connectivity index (χ1v) is 14.6. The fraction of sp³-hybridized carbons (Fsp3) is 0.400. The number of hydrogen-bond donors (Lipinski definition) is 0. The van der Waals surface area contributed by atoms with Gasteiger partial charge in [0.25, 0.3) is 0 Å². The molecule has 3 nitrogen and oxygen atoms in total. The van der Waals surface area contributed by atoms with Crippen molar-refractivity contribution in [2.24, 2.45) is 5.92 Å². The minimum Gasteiger partial charge on any atom is -0.497 e. The van der Waals surface area contributed by atoms with Crippen molar-refractivity contribution in [2.75, 3.05) is 13.7 Å². The topological polar surface area (TPSA) is 27.7 Å². The van der Waals surface area contributed by atoms with E-state index < -0.39 is 8.32 Å². The lowest BCUT2D eigenvalue weighted by molar-refractivity contribution is 0.153. The van der Waals surface area contributed by atoms with Crippen molar-refractivity contribution >= 4 is 13.9 Å². The van der Waals surface area contributed by atoms with E-state index in [9.17, 15) is 0 Å². The molecule has 2 rings (SSSR count). The van der Waals surface area contributed by atoms with Crippen molar-refractivity contribution in [1.29, 1.82) is 0 Å². The molecule has 2 aromatic rings. The monoisotopic (exact) mass is 474 g/mol. The number of methoxy groups -OCH3 is 1.